The second-order valence-electron chi connectivity index (χ2n) is 7.12. The Bertz CT molecular complexity index is 991. The molecule has 4 rings (SSSR count). The highest BCUT2D eigenvalue weighted by atomic mass is 32.1. The third-order valence-corrected chi connectivity index (χ3v) is 5.50. The van der Waals surface area contributed by atoms with Crippen LogP contribution in [0.5, 0.6) is 11.5 Å². The van der Waals surface area contributed by atoms with Gasteiger partial charge in [0, 0.05) is 49.3 Å². The maximum Gasteiger partial charge on any atom is 0.248 e. The van der Waals surface area contributed by atoms with Crippen molar-refractivity contribution >= 4 is 22.4 Å². The average molecular weight is 443 g/mol. The van der Waals surface area contributed by atoms with Gasteiger partial charge in [-0.05, 0) is 37.7 Å². The fourth-order valence-corrected chi connectivity index (χ4v) is 3.93. The molecule has 3 N–H and O–H groups in total. The van der Waals surface area contributed by atoms with Crippen LogP contribution in [0.1, 0.15) is 12.0 Å². The monoisotopic (exact) mass is 442 g/mol. The van der Waals surface area contributed by atoms with Crippen LogP contribution in [0, 0.1) is 5.41 Å². The Balaban J connectivity index is 1.30. The topological polar surface area (TPSA) is 113 Å². The lowest BCUT2D eigenvalue weighted by molar-refractivity contribution is 0.174. The van der Waals surface area contributed by atoms with Gasteiger partial charge in [0.1, 0.15) is 6.33 Å². The molecule has 0 saturated carbocycles. The molecule has 3 heterocycles. The summed E-state index contributed by atoms with van der Waals surface area (Å²) in [5.41, 5.74) is 1.77. The highest BCUT2D eigenvalue weighted by Gasteiger charge is 2.16. The minimum atomic E-state index is 0.290. The number of nitrogens with zero attached hydrogens (tertiary/aromatic N) is 5. The van der Waals surface area contributed by atoms with Gasteiger partial charge in [-0.2, -0.15) is 9.36 Å². The van der Waals surface area contributed by atoms with E-state index in [-0.39, 0.29) is 0 Å². The lowest BCUT2D eigenvalue weighted by atomic mass is 10.2. The maximum atomic E-state index is 8.20. The van der Waals surface area contributed by atoms with Gasteiger partial charge in [0.15, 0.2) is 11.5 Å². The first-order chi connectivity index (χ1) is 15.2. The molecular formula is C20H26N8O2S. The molecule has 0 spiro atoms. The molecule has 0 atom stereocenters. The Morgan fingerprint density at radius 1 is 1.32 bits per heavy atom. The molecule has 3 aromatic rings. The largest absolute Gasteiger partial charge is 0.454 e. The Morgan fingerprint density at radius 3 is 3.06 bits per heavy atom. The Labute approximate surface area is 184 Å². The number of nitrogens with one attached hydrogen (secondary N) is 3. The molecule has 0 bridgehead atoms. The van der Waals surface area contributed by atoms with Crippen LogP contribution in [0.2, 0.25) is 0 Å². The van der Waals surface area contributed by atoms with Crippen molar-refractivity contribution in [2.75, 3.05) is 44.9 Å². The number of anilines is 1. The van der Waals surface area contributed by atoms with Crippen molar-refractivity contribution in [3.05, 3.63) is 42.5 Å². The van der Waals surface area contributed by atoms with E-state index in [0.29, 0.717) is 31.5 Å². The molecule has 164 valence electrons. The molecule has 1 aliphatic heterocycles. The lowest BCUT2D eigenvalue weighted by Crippen LogP contribution is -2.35. The number of benzene rings is 1. The van der Waals surface area contributed by atoms with Gasteiger partial charge in [-0.25, -0.2) is 4.98 Å². The zero-order valence-corrected chi connectivity index (χ0v) is 18.2. The zero-order valence-electron chi connectivity index (χ0n) is 17.4. The predicted octanol–water partition coefficient (Wildman–Crippen LogP) is 1.68. The summed E-state index contributed by atoms with van der Waals surface area (Å²) in [5, 5.41) is 15.5. The number of aromatic nitrogens is 4. The predicted molar refractivity (Wildman–Crippen MR) is 120 cm³/mol. The zero-order chi connectivity index (χ0) is 21.5. The fourth-order valence-electron chi connectivity index (χ4n) is 3.24. The minimum Gasteiger partial charge on any atom is -0.454 e. The van der Waals surface area contributed by atoms with Crippen molar-refractivity contribution in [2.24, 2.45) is 0 Å². The van der Waals surface area contributed by atoms with Crippen molar-refractivity contribution in [2.45, 2.75) is 13.0 Å². The van der Waals surface area contributed by atoms with E-state index in [4.69, 9.17) is 14.9 Å². The molecule has 0 amide bonds. The molecule has 31 heavy (non-hydrogen) atoms. The van der Waals surface area contributed by atoms with Gasteiger partial charge >= 0.3 is 0 Å². The number of hydrogen-bond donors (Lipinski definition) is 3. The van der Waals surface area contributed by atoms with Gasteiger partial charge in [0.2, 0.25) is 17.9 Å². The van der Waals surface area contributed by atoms with Crippen molar-refractivity contribution in [1.29, 1.82) is 5.41 Å². The molecule has 0 radical (unpaired) electrons. The molecule has 0 aliphatic carbocycles. The van der Waals surface area contributed by atoms with Crippen LogP contribution < -0.4 is 25.0 Å². The third kappa shape index (κ3) is 5.57. The number of hydrogen-bond acceptors (Lipinski definition) is 10. The second-order valence-corrected chi connectivity index (χ2v) is 7.85. The van der Waals surface area contributed by atoms with Crippen LogP contribution >= 0.6 is 11.5 Å². The normalized spacial score (nSPS) is 12.3. The fraction of sp³-hybridized carbons (Fsp3) is 0.400. The first-order valence-electron chi connectivity index (χ1n) is 10.1. The molecule has 1 aromatic carbocycles. The van der Waals surface area contributed by atoms with E-state index in [9.17, 15) is 0 Å². The van der Waals surface area contributed by atoms with Gasteiger partial charge in [0.25, 0.3) is 0 Å². The Morgan fingerprint density at radius 2 is 2.23 bits per heavy atom. The van der Waals surface area contributed by atoms with E-state index in [1.54, 1.807) is 17.1 Å². The molecule has 0 saturated heterocycles. The van der Waals surface area contributed by atoms with Gasteiger partial charge in [-0.15, -0.1) is 0 Å². The summed E-state index contributed by atoms with van der Waals surface area (Å²) in [4.78, 5) is 10.8. The van der Waals surface area contributed by atoms with Crippen LogP contribution in [-0.4, -0.2) is 64.6 Å². The second kappa shape index (κ2) is 10.3. The van der Waals surface area contributed by atoms with Gasteiger partial charge < -0.3 is 30.4 Å². The molecule has 0 fully saturated rings. The maximum absolute atomic E-state index is 8.20. The first kappa shape index (κ1) is 21.2. The lowest BCUT2D eigenvalue weighted by Gasteiger charge is -2.22. The van der Waals surface area contributed by atoms with E-state index < -0.39 is 0 Å². The van der Waals surface area contributed by atoms with Gasteiger partial charge in [-0.1, -0.05) is 6.07 Å². The summed E-state index contributed by atoms with van der Waals surface area (Å²) in [6, 6.07) is 6.01. The highest BCUT2D eigenvalue weighted by Crippen LogP contribution is 2.32. The average Bonchev–Trinajstić information content (AvgIpc) is 3.53. The molecular weight excluding hydrogens is 416 g/mol. The summed E-state index contributed by atoms with van der Waals surface area (Å²) in [5.74, 6) is 2.21. The Hall–Kier alpha value is -3.02. The van der Waals surface area contributed by atoms with E-state index in [2.05, 4.69) is 29.9 Å². The Kier molecular flexibility index (Phi) is 7.07. The van der Waals surface area contributed by atoms with E-state index >= 15 is 0 Å². The van der Waals surface area contributed by atoms with Gasteiger partial charge in [0.05, 0.1) is 6.54 Å². The molecule has 10 nitrogen and oxygen atoms in total. The van der Waals surface area contributed by atoms with E-state index in [1.807, 2.05) is 31.4 Å². The van der Waals surface area contributed by atoms with E-state index in [0.717, 1.165) is 48.2 Å². The van der Waals surface area contributed by atoms with Crippen LogP contribution in [0.25, 0.3) is 5.95 Å². The molecule has 11 heteroatoms. The summed E-state index contributed by atoms with van der Waals surface area (Å²) in [6.07, 6.45) is 6.11. The van der Waals surface area contributed by atoms with Crippen molar-refractivity contribution < 1.29 is 9.47 Å². The quantitative estimate of drug-likeness (QED) is 0.287. The number of imidazole rings is 1. The number of fused-ring (bicyclic) bond motifs is 1. The van der Waals surface area contributed by atoms with Crippen LogP contribution in [0.15, 0.2) is 36.9 Å². The van der Waals surface area contributed by atoms with Crippen molar-refractivity contribution in [3.8, 4) is 17.4 Å². The van der Waals surface area contributed by atoms with Crippen LogP contribution in [-0.2, 0) is 6.54 Å². The summed E-state index contributed by atoms with van der Waals surface area (Å²) >= 11 is 1.34. The summed E-state index contributed by atoms with van der Waals surface area (Å²) in [6.45, 7) is 3.73. The van der Waals surface area contributed by atoms with Crippen LogP contribution in [0.4, 0.5) is 5.13 Å². The molecule has 2 aromatic heterocycles. The molecule has 1 aliphatic rings. The summed E-state index contributed by atoms with van der Waals surface area (Å²) < 4.78 is 17.0. The standard InChI is InChI=1S/C20H26N8O2S/c1-22-11-16(21)12-27(20-25-19(26-31-20)28-8-6-24-13-28)7-2-5-23-10-15-3-4-17-18(9-15)30-14-29-17/h3-4,6,8-9,13,21-23H,2,5,7,10-12,14H2,1H3. The SMILES string of the molecule is CNCC(=N)CN(CCCNCc1ccc2c(c1)OCO2)c1nc(-n2ccnc2)ns1. The van der Waals surface area contributed by atoms with Crippen LogP contribution in [0.3, 0.4) is 0 Å². The first-order valence-corrected chi connectivity index (χ1v) is 10.9. The summed E-state index contributed by atoms with van der Waals surface area (Å²) in [7, 11) is 1.85. The minimum absolute atomic E-state index is 0.290. The number of rotatable bonds is 12. The molecule has 0 unspecified atom stereocenters. The van der Waals surface area contributed by atoms with Gasteiger partial charge in [-0.3, -0.25) is 4.57 Å². The third-order valence-electron chi connectivity index (χ3n) is 4.73. The highest BCUT2D eigenvalue weighted by molar-refractivity contribution is 7.09. The number of ether oxygens (including phenoxy) is 2. The van der Waals surface area contributed by atoms with Crippen molar-refractivity contribution in [3.63, 3.8) is 0 Å². The smallest absolute Gasteiger partial charge is 0.248 e. The van der Waals surface area contributed by atoms with E-state index in [1.165, 1.54) is 11.5 Å². The van der Waals surface area contributed by atoms with Crippen molar-refractivity contribution in [1.82, 2.24) is 29.5 Å².